The minimum absolute atomic E-state index is 0.0185. The molecule has 0 radical (unpaired) electrons. The molecule has 2 amide bonds. The fraction of sp³-hybridized carbons (Fsp3) is 0.579. The molecule has 2 fully saturated rings. The van der Waals surface area contributed by atoms with Crippen molar-refractivity contribution >= 4 is 17.5 Å². The summed E-state index contributed by atoms with van der Waals surface area (Å²) in [6.45, 7) is 0.391. The summed E-state index contributed by atoms with van der Waals surface area (Å²) in [7, 11) is 0. The summed E-state index contributed by atoms with van der Waals surface area (Å²) in [4.78, 5) is 27.8. The van der Waals surface area contributed by atoms with Gasteiger partial charge in [0.2, 0.25) is 5.91 Å². The van der Waals surface area contributed by atoms with E-state index in [1.54, 1.807) is 4.90 Å². The second-order valence-corrected chi connectivity index (χ2v) is 7.40. The van der Waals surface area contributed by atoms with E-state index >= 15 is 0 Å². The third-order valence-corrected chi connectivity index (χ3v) is 5.07. The summed E-state index contributed by atoms with van der Waals surface area (Å²) in [5.74, 6) is -3.69. The summed E-state index contributed by atoms with van der Waals surface area (Å²) in [5, 5.41) is 2.42. The number of nitrogens with one attached hydrogen (secondary N) is 1. The first-order valence-corrected chi connectivity index (χ1v) is 9.51. The van der Waals surface area contributed by atoms with E-state index in [4.69, 9.17) is 4.74 Å². The molecule has 1 aromatic rings. The number of carbonyl (C=O) groups excluding carboxylic acids is 2. The minimum Gasteiger partial charge on any atom is -0.366 e. The lowest BCUT2D eigenvalue weighted by Crippen LogP contribution is -2.54. The first kappa shape index (κ1) is 22.4. The van der Waals surface area contributed by atoms with Crippen LogP contribution in [0.3, 0.4) is 0 Å². The van der Waals surface area contributed by atoms with Crippen LogP contribution in [0.4, 0.5) is 27.6 Å². The van der Waals surface area contributed by atoms with Crippen molar-refractivity contribution in [1.29, 1.82) is 0 Å². The van der Waals surface area contributed by atoms with Crippen LogP contribution in [-0.4, -0.2) is 73.0 Å². The molecule has 166 valence electrons. The topological polar surface area (TPSA) is 61.9 Å². The highest BCUT2D eigenvalue weighted by Gasteiger charge is 2.38. The number of hydrogen-bond acceptors (Lipinski definition) is 4. The van der Waals surface area contributed by atoms with E-state index in [2.05, 4.69) is 5.32 Å². The van der Waals surface area contributed by atoms with Gasteiger partial charge in [-0.15, -0.1) is 0 Å². The molecule has 3 rings (SSSR count). The first-order valence-electron chi connectivity index (χ1n) is 9.51. The van der Waals surface area contributed by atoms with Gasteiger partial charge in [-0.25, -0.2) is 8.78 Å². The number of ether oxygens (including phenoxy) is 1. The van der Waals surface area contributed by atoms with E-state index in [9.17, 15) is 31.5 Å². The molecular weight excluding hydrogens is 413 g/mol. The van der Waals surface area contributed by atoms with Gasteiger partial charge in [-0.2, -0.15) is 13.2 Å². The van der Waals surface area contributed by atoms with Gasteiger partial charge in [0.15, 0.2) is 0 Å². The number of carbonyl (C=O) groups is 2. The highest BCUT2D eigenvalue weighted by atomic mass is 19.4. The van der Waals surface area contributed by atoms with Crippen LogP contribution in [0.25, 0.3) is 0 Å². The Labute approximate surface area is 169 Å². The number of halogens is 5. The molecule has 0 aromatic heterocycles. The van der Waals surface area contributed by atoms with Crippen molar-refractivity contribution in [1.82, 2.24) is 9.80 Å². The van der Waals surface area contributed by atoms with Gasteiger partial charge in [-0.05, 0) is 18.2 Å². The van der Waals surface area contributed by atoms with Crippen LogP contribution in [0, 0.1) is 0 Å². The summed E-state index contributed by atoms with van der Waals surface area (Å²) in [6, 6.07) is 4.30. The van der Waals surface area contributed by atoms with E-state index in [-0.39, 0.29) is 38.5 Å². The number of amides is 2. The Hall–Kier alpha value is -2.27. The van der Waals surface area contributed by atoms with Crippen molar-refractivity contribution in [3.8, 4) is 0 Å². The summed E-state index contributed by atoms with van der Waals surface area (Å²) >= 11 is 0. The Morgan fingerprint density at radius 2 is 1.87 bits per heavy atom. The smallest absolute Gasteiger partial charge is 0.366 e. The van der Waals surface area contributed by atoms with E-state index < -0.39 is 48.4 Å². The Morgan fingerprint density at radius 3 is 2.53 bits per heavy atom. The van der Waals surface area contributed by atoms with Gasteiger partial charge in [0.05, 0.1) is 18.7 Å². The van der Waals surface area contributed by atoms with Crippen LogP contribution < -0.4 is 5.32 Å². The second kappa shape index (κ2) is 8.84. The molecule has 0 saturated carbocycles. The SMILES string of the molecule is O=C(CN1CCOC(C(=O)N2CCC(F)(F)CC2)C1)Nc1cccc(C(F)(F)F)c1. The molecule has 6 nitrogen and oxygen atoms in total. The molecule has 2 aliphatic rings. The molecule has 1 N–H and O–H groups in total. The average Bonchev–Trinajstić information content (AvgIpc) is 2.67. The molecule has 0 aliphatic carbocycles. The van der Waals surface area contributed by atoms with Crippen molar-refractivity contribution in [3.63, 3.8) is 0 Å². The molecule has 0 bridgehead atoms. The molecule has 2 aliphatic heterocycles. The van der Waals surface area contributed by atoms with Crippen LogP contribution in [0.2, 0.25) is 0 Å². The Morgan fingerprint density at radius 1 is 1.17 bits per heavy atom. The maximum absolute atomic E-state index is 13.3. The maximum Gasteiger partial charge on any atom is 0.416 e. The van der Waals surface area contributed by atoms with E-state index in [1.165, 1.54) is 17.0 Å². The number of nitrogens with zero attached hydrogens (tertiary/aromatic N) is 2. The molecule has 2 saturated heterocycles. The standard InChI is InChI=1S/C19H22F5N3O3/c20-18(21)4-6-27(7-5-18)17(29)15-11-26(8-9-30-15)12-16(28)25-14-3-1-2-13(10-14)19(22,23)24/h1-3,10,15H,4-9,11-12H2,(H,25,28). The quantitative estimate of drug-likeness (QED) is 0.739. The van der Waals surface area contributed by atoms with Gasteiger partial charge in [-0.1, -0.05) is 6.07 Å². The molecule has 1 unspecified atom stereocenters. The zero-order chi connectivity index (χ0) is 21.9. The van der Waals surface area contributed by atoms with E-state index in [0.717, 1.165) is 12.1 Å². The first-order chi connectivity index (χ1) is 14.0. The Balaban J connectivity index is 1.52. The van der Waals surface area contributed by atoms with Crippen LogP contribution in [0.15, 0.2) is 24.3 Å². The van der Waals surface area contributed by atoms with Gasteiger partial charge in [0, 0.05) is 44.7 Å². The molecule has 1 aromatic carbocycles. The highest BCUT2D eigenvalue weighted by molar-refractivity contribution is 5.92. The number of rotatable bonds is 4. The third kappa shape index (κ3) is 5.88. The summed E-state index contributed by atoms with van der Waals surface area (Å²) < 4.78 is 70.3. The predicted molar refractivity (Wildman–Crippen MR) is 97.0 cm³/mol. The monoisotopic (exact) mass is 435 g/mol. The maximum atomic E-state index is 13.3. The van der Waals surface area contributed by atoms with Crippen molar-refractivity contribution < 1.29 is 36.3 Å². The van der Waals surface area contributed by atoms with Gasteiger partial charge in [0.1, 0.15) is 6.10 Å². The Kier molecular flexibility index (Phi) is 6.61. The van der Waals surface area contributed by atoms with Crippen LogP contribution in [0.1, 0.15) is 18.4 Å². The zero-order valence-electron chi connectivity index (χ0n) is 16.1. The zero-order valence-corrected chi connectivity index (χ0v) is 16.1. The minimum atomic E-state index is -4.52. The van der Waals surface area contributed by atoms with Crippen LogP contribution in [-0.2, 0) is 20.5 Å². The van der Waals surface area contributed by atoms with Gasteiger partial charge >= 0.3 is 6.18 Å². The largest absolute Gasteiger partial charge is 0.416 e. The Bertz CT molecular complexity index is 777. The molecular formula is C19H22F5N3O3. The summed E-state index contributed by atoms with van der Waals surface area (Å²) in [6.07, 6.45) is -6.17. The predicted octanol–water partition coefficient (Wildman–Crippen LogP) is 2.60. The number of morpholine rings is 1. The average molecular weight is 435 g/mol. The van der Waals surface area contributed by atoms with Crippen molar-refractivity contribution in [2.45, 2.75) is 31.0 Å². The van der Waals surface area contributed by atoms with Crippen molar-refractivity contribution in [3.05, 3.63) is 29.8 Å². The lowest BCUT2D eigenvalue weighted by Gasteiger charge is -2.37. The molecule has 0 spiro atoms. The molecule has 2 heterocycles. The van der Waals surface area contributed by atoms with Gasteiger partial charge in [-0.3, -0.25) is 14.5 Å². The number of alkyl halides is 5. The molecule has 30 heavy (non-hydrogen) atoms. The van der Waals surface area contributed by atoms with Gasteiger partial charge < -0.3 is 15.0 Å². The number of anilines is 1. The number of likely N-dealkylation sites (tertiary alicyclic amines) is 1. The van der Waals surface area contributed by atoms with E-state index in [0.29, 0.717) is 6.54 Å². The fourth-order valence-electron chi connectivity index (χ4n) is 3.43. The summed E-state index contributed by atoms with van der Waals surface area (Å²) in [5.41, 5.74) is -0.852. The lowest BCUT2D eigenvalue weighted by molar-refractivity contribution is -0.155. The highest BCUT2D eigenvalue weighted by Crippen LogP contribution is 2.31. The normalized spacial score (nSPS) is 22.6. The van der Waals surface area contributed by atoms with Crippen LogP contribution >= 0.6 is 0 Å². The van der Waals surface area contributed by atoms with Crippen molar-refractivity contribution in [2.75, 3.05) is 44.6 Å². The lowest BCUT2D eigenvalue weighted by atomic mass is 10.1. The second-order valence-electron chi connectivity index (χ2n) is 7.40. The fourth-order valence-corrected chi connectivity index (χ4v) is 3.43. The molecule has 1 atom stereocenters. The number of hydrogen-bond donors (Lipinski definition) is 1. The number of piperidine rings is 1. The third-order valence-electron chi connectivity index (χ3n) is 5.07. The van der Waals surface area contributed by atoms with Gasteiger partial charge in [0.25, 0.3) is 11.8 Å². The number of benzene rings is 1. The van der Waals surface area contributed by atoms with Crippen molar-refractivity contribution in [2.24, 2.45) is 0 Å². The molecule has 11 heteroatoms. The van der Waals surface area contributed by atoms with Crippen LogP contribution in [0.5, 0.6) is 0 Å². The van der Waals surface area contributed by atoms with E-state index in [1.807, 2.05) is 0 Å².